The van der Waals surface area contributed by atoms with E-state index in [2.05, 4.69) is 24.5 Å². The summed E-state index contributed by atoms with van der Waals surface area (Å²) in [4.78, 5) is 37.9. The molecule has 6 nitrogen and oxygen atoms in total. The summed E-state index contributed by atoms with van der Waals surface area (Å²) in [6.45, 7) is 6.03. The maximum atomic E-state index is 12.6. The number of rotatable bonds is 8. The van der Waals surface area contributed by atoms with Gasteiger partial charge in [0, 0.05) is 16.6 Å². The van der Waals surface area contributed by atoms with Crippen LogP contribution >= 0.6 is 11.8 Å². The molecule has 1 fully saturated rings. The molecule has 1 saturated carbocycles. The molecule has 2 aromatic carbocycles. The first kappa shape index (κ1) is 24.8. The van der Waals surface area contributed by atoms with Crippen LogP contribution in [0.4, 0.5) is 5.69 Å². The van der Waals surface area contributed by atoms with Gasteiger partial charge in [0.1, 0.15) is 0 Å². The Bertz CT molecular complexity index is 977. The average Bonchev–Trinajstić information content (AvgIpc) is 2.81. The number of anilines is 1. The van der Waals surface area contributed by atoms with Gasteiger partial charge in [-0.05, 0) is 49.4 Å². The monoisotopic (exact) mass is 468 g/mol. The lowest BCUT2D eigenvalue weighted by Gasteiger charge is -2.34. The molecule has 1 aliphatic carbocycles. The molecule has 0 spiro atoms. The summed E-state index contributed by atoms with van der Waals surface area (Å²) in [5, 5.41) is 5.86. The van der Waals surface area contributed by atoms with E-state index < -0.39 is 5.97 Å². The summed E-state index contributed by atoms with van der Waals surface area (Å²) in [7, 11) is 0. The van der Waals surface area contributed by atoms with Crippen LogP contribution in [-0.2, 0) is 14.3 Å². The van der Waals surface area contributed by atoms with Crippen molar-refractivity contribution in [2.24, 2.45) is 11.8 Å². The highest BCUT2D eigenvalue weighted by Crippen LogP contribution is 2.29. The van der Waals surface area contributed by atoms with Gasteiger partial charge in [0.15, 0.2) is 6.61 Å². The van der Waals surface area contributed by atoms with Crippen molar-refractivity contribution in [1.29, 1.82) is 0 Å². The summed E-state index contributed by atoms with van der Waals surface area (Å²) in [6, 6.07) is 14.6. The Hall–Kier alpha value is -2.80. The molecule has 0 heterocycles. The number of hydrogen-bond donors (Lipinski definition) is 2. The van der Waals surface area contributed by atoms with Gasteiger partial charge in [-0.2, -0.15) is 0 Å². The highest BCUT2D eigenvalue weighted by Gasteiger charge is 2.28. The molecule has 3 rings (SSSR count). The molecule has 2 aromatic rings. The third-order valence-corrected chi connectivity index (χ3v) is 7.26. The molecule has 0 aliphatic heterocycles. The number of carbonyl (C=O) groups is 3. The minimum atomic E-state index is -0.572. The summed E-state index contributed by atoms with van der Waals surface area (Å²) in [5.41, 5.74) is 2.19. The van der Waals surface area contributed by atoms with Crippen LogP contribution in [0.2, 0.25) is 0 Å². The second kappa shape index (κ2) is 11.9. The Morgan fingerprint density at radius 3 is 2.48 bits per heavy atom. The number of carbonyl (C=O) groups excluding carboxylic acids is 3. The lowest BCUT2D eigenvalue weighted by Crippen LogP contribution is -2.45. The van der Waals surface area contributed by atoms with E-state index in [4.69, 9.17) is 4.74 Å². The normalized spacial score (nSPS) is 20.0. The third-order valence-electron chi connectivity index (χ3n) is 6.19. The number of hydrogen-bond acceptors (Lipinski definition) is 5. The number of amides is 2. The zero-order valence-corrected chi connectivity index (χ0v) is 20.2. The second-order valence-corrected chi connectivity index (χ2v) is 9.73. The molecule has 0 bridgehead atoms. The Morgan fingerprint density at radius 1 is 1.00 bits per heavy atom. The van der Waals surface area contributed by atoms with Crippen molar-refractivity contribution in [3.8, 4) is 0 Å². The van der Waals surface area contributed by atoms with E-state index >= 15 is 0 Å². The number of thioether (sulfide) groups is 1. The highest BCUT2D eigenvalue weighted by atomic mass is 32.2. The van der Waals surface area contributed by atoms with Gasteiger partial charge in [0.2, 0.25) is 5.91 Å². The van der Waals surface area contributed by atoms with E-state index in [9.17, 15) is 14.4 Å². The summed E-state index contributed by atoms with van der Waals surface area (Å²) in [5.74, 6) is 0.104. The van der Waals surface area contributed by atoms with Crippen molar-refractivity contribution in [1.82, 2.24) is 5.32 Å². The van der Waals surface area contributed by atoms with E-state index in [1.807, 2.05) is 31.2 Å². The van der Waals surface area contributed by atoms with Crippen molar-refractivity contribution in [3.05, 3.63) is 59.7 Å². The van der Waals surface area contributed by atoms with Crippen LogP contribution in [0, 0.1) is 18.8 Å². The molecule has 176 valence electrons. The number of nitrogens with one attached hydrogen (secondary N) is 2. The van der Waals surface area contributed by atoms with Gasteiger partial charge in [-0.25, -0.2) is 4.79 Å². The zero-order chi connectivity index (χ0) is 23.8. The SMILES string of the molecule is Cc1ccc(NC(=O)CSc2ccccc2C(=O)OCC(=O)N[C@@H]2CCC[C@H](C)[C@H]2C)cc1. The topological polar surface area (TPSA) is 84.5 Å². The molecule has 0 unspecified atom stereocenters. The second-order valence-electron chi connectivity index (χ2n) is 8.72. The summed E-state index contributed by atoms with van der Waals surface area (Å²) < 4.78 is 5.28. The first-order valence-corrected chi connectivity index (χ1v) is 12.4. The fourth-order valence-corrected chi connectivity index (χ4v) is 4.82. The molecule has 3 atom stereocenters. The van der Waals surface area contributed by atoms with Crippen molar-refractivity contribution < 1.29 is 19.1 Å². The van der Waals surface area contributed by atoms with Gasteiger partial charge in [-0.1, -0.05) is 56.5 Å². The lowest BCUT2D eigenvalue weighted by molar-refractivity contribution is -0.125. The fourth-order valence-electron chi connectivity index (χ4n) is 3.98. The molecule has 0 aromatic heterocycles. The van der Waals surface area contributed by atoms with Crippen LogP contribution in [0.1, 0.15) is 49.0 Å². The average molecular weight is 469 g/mol. The van der Waals surface area contributed by atoms with E-state index in [0.717, 1.165) is 24.1 Å². The Labute approximate surface area is 199 Å². The van der Waals surface area contributed by atoms with Crippen molar-refractivity contribution >= 4 is 35.2 Å². The number of esters is 1. The standard InChI is InChI=1S/C26H32N2O4S/c1-17-11-13-20(14-12-17)27-25(30)16-33-23-10-5-4-8-21(23)26(31)32-15-24(29)28-22-9-6-7-18(2)19(22)3/h4-5,8,10-14,18-19,22H,6-7,9,15-16H2,1-3H3,(H,27,30)(H,28,29)/t18-,19+,22+/m0/s1. The van der Waals surface area contributed by atoms with Gasteiger partial charge in [-0.3, -0.25) is 9.59 Å². The van der Waals surface area contributed by atoms with E-state index in [1.54, 1.807) is 24.3 Å². The molecule has 0 saturated heterocycles. The first-order chi connectivity index (χ1) is 15.8. The quantitative estimate of drug-likeness (QED) is 0.428. The van der Waals surface area contributed by atoms with Crippen LogP contribution in [0.25, 0.3) is 0 Å². The van der Waals surface area contributed by atoms with Gasteiger partial charge in [0.05, 0.1) is 11.3 Å². The van der Waals surface area contributed by atoms with Crippen molar-refractivity contribution in [2.75, 3.05) is 17.7 Å². The smallest absolute Gasteiger partial charge is 0.339 e. The van der Waals surface area contributed by atoms with Crippen LogP contribution in [0.5, 0.6) is 0 Å². The van der Waals surface area contributed by atoms with E-state index in [0.29, 0.717) is 22.3 Å². The Balaban J connectivity index is 1.50. The van der Waals surface area contributed by atoms with Crippen LogP contribution in [-0.4, -0.2) is 36.2 Å². The minimum Gasteiger partial charge on any atom is -0.452 e. The van der Waals surface area contributed by atoms with Crippen LogP contribution in [0.15, 0.2) is 53.4 Å². The molecular weight excluding hydrogens is 436 g/mol. The molecule has 0 radical (unpaired) electrons. The highest BCUT2D eigenvalue weighted by molar-refractivity contribution is 8.00. The largest absolute Gasteiger partial charge is 0.452 e. The van der Waals surface area contributed by atoms with E-state index in [-0.39, 0.29) is 30.2 Å². The number of aryl methyl sites for hydroxylation is 1. The number of ether oxygens (including phenoxy) is 1. The molecule has 7 heteroatoms. The molecule has 2 amide bonds. The van der Waals surface area contributed by atoms with Crippen LogP contribution in [0.3, 0.4) is 0 Å². The van der Waals surface area contributed by atoms with Crippen molar-refractivity contribution in [2.45, 2.75) is 51.0 Å². The van der Waals surface area contributed by atoms with Gasteiger partial charge < -0.3 is 15.4 Å². The van der Waals surface area contributed by atoms with Gasteiger partial charge >= 0.3 is 5.97 Å². The first-order valence-electron chi connectivity index (χ1n) is 11.4. The fraction of sp³-hybridized carbons (Fsp3) is 0.423. The molecule has 2 N–H and O–H groups in total. The zero-order valence-electron chi connectivity index (χ0n) is 19.4. The number of benzene rings is 2. The Kier molecular flexibility index (Phi) is 8.95. The molecule has 1 aliphatic rings. The van der Waals surface area contributed by atoms with Crippen molar-refractivity contribution in [3.63, 3.8) is 0 Å². The predicted molar refractivity (Wildman–Crippen MR) is 131 cm³/mol. The maximum Gasteiger partial charge on any atom is 0.339 e. The molecular formula is C26H32N2O4S. The molecule has 33 heavy (non-hydrogen) atoms. The maximum absolute atomic E-state index is 12.6. The van der Waals surface area contributed by atoms with Crippen LogP contribution < -0.4 is 10.6 Å². The summed E-state index contributed by atoms with van der Waals surface area (Å²) in [6.07, 6.45) is 3.23. The summed E-state index contributed by atoms with van der Waals surface area (Å²) >= 11 is 1.26. The predicted octanol–water partition coefficient (Wildman–Crippen LogP) is 4.82. The van der Waals surface area contributed by atoms with Gasteiger partial charge in [-0.15, -0.1) is 11.8 Å². The third kappa shape index (κ3) is 7.35. The minimum absolute atomic E-state index is 0.120. The lowest BCUT2D eigenvalue weighted by atomic mass is 9.78. The Morgan fingerprint density at radius 2 is 1.73 bits per heavy atom. The van der Waals surface area contributed by atoms with E-state index in [1.165, 1.54) is 18.2 Å². The van der Waals surface area contributed by atoms with Gasteiger partial charge in [0.25, 0.3) is 5.91 Å².